The molecular weight excluding hydrogens is 276 g/mol. The summed E-state index contributed by atoms with van der Waals surface area (Å²) in [5.41, 5.74) is 3.26. The van der Waals surface area contributed by atoms with E-state index in [1.807, 2.05) is 25.7 Å². The highest BCUT2D eigenvalue weighted by Crippen LogP contribution is 2.23. The molecule has 1 aliphatic rings. The van der Waals surface area contributed by atoms with Crippen molar-refractivity contribution in [1.82, 2.24) is 4.90 Å². The minimum absolute atomic E-state index is 0.197. The van der Waals surface area contributed by atoms with E-state index in [1.54, 1.807) is 0 Å². The minimum atomic E-state index is -0.440. The zero-order valence-corrected chi connectivity index (χ0v) is 14.4. The Morgan fingerprint density at radius 2 is 2.09 bits per heavy atom. The second-order valence-corrected chi connectivity index (χ2v) is 7.10. The summed E-state index contributed by atoms with van der Waals surface area (Å²) in [4.78, 5) is 14.1. The molecule has 0 spiro atoms. The van der Waals surface area contributed by atoms with E-state index in [1.165, 1.54) is 11.1 Å². The molecule has 0 saturated carbocycles. The van der Waals surface area contributed by atoms with E-state index in [9.17, 15) is 4.79 Å². The molecular formula is C18H28N2O2. The van der Waals surface area contributed by atoms with Gasteiger partial charge in [0.25, 0.3) is 0 Å². The van der Waals surface area contributed by atoms with E-state index in [4.69, 9.17) is 4.74 Å². The van der Waals surface area contributed by atoms with Crippen LogP contribution in [0.3, 0.4) is 0 Å². The third-order valence-electron chi connectivity index (χ3n) is 4.14. The van der Waals surface area contributed by atoms with Crippen LogP contribution in [0.2, 0.25) is 0 Å². The number of aryl methyl sites for hydroxylation is 1. The van der Waals surface area contributed by atoms with Gasteiger partial charge in [0.05, 0.1) is 6.04 Å². The normalized spacial score (nSPS) is 18.4. The fraction of sp³-hybridized carbons (Fsp3) is 0.611. The fourth-order valence-corrected chi connectivity index (χ4v) is 2.78. The van der Waals surface area contributed by atoms with Crippen LogP contribution < -0.4 is 5.32 Å². The molecule has 1 aliphatic heterocycles. The highest BCUT2D eigenvalue weighted by atomic mass is 16.6. The van der Waals surface area contributed by atoms with E-state index in [2.05, 4.69) is 37.4 Å². The van der Waals surface area contributed by atoms with Crippen molar-refractivity contribution in [2.75, 3.05) is 18.4 Å². The largest absolute Gasteiger partial charge is 0.444 e. The van der Waals surface area contributed by atoms with Crippen LogP contribution in [0.15, 0.2) is 18.2 Å². The molecule has 2 rings (SSSR count). The van der Waals surface area contributed by atoms with Crippen LogP contribution >= 0.6 is 0 Å². The number of nitrogens with one attached hydrogen (secondary N) is 1. The molecule has 0 bridgehead atoms. The Balaban J connectivity index is 1.97. The van der Waals surface area contributed by atoms with Crippen LogP contribution in [0, 0.1) is 13.8 Å². The number of hydrogen-bond acceptors (Lipinski definition) is 3. The van der Waals surface area contributed by atoms with E-state index in [-0.39, 0.29) is 12.1 Å². The van der Waals surface area contributed by atoms with Crippen molar-refractivity contribution >= 4 is 11.8 Å². The number of amides is 1. The third kappa shape index (κ3) is 4.15. The van der Waals surface area contributed by atoms with Gasteiger partial charge in [0.1, 0.15) is 5.60 Å². The molecule has 0 radical (unpaired) electrons. The van der Waals surface area contributed by atoms with Crippen molar-refractivity contribution in [3.63, 3.8) is 0 Å². The Labute approximate surface area is 133 Å². The van der Waals surface area contributed by atoms with Gasteiger partial charge in [-0.05, 0) is 64.7 Å². The Morgan fingerprint density at radius 3 is 2.77 bits per heavy atom. The van der Waals surface area contributed by atoms with Gasteiger partial charge in [0.2, 0.25) is 0 Å². The van der Waals surface area contributed by atoms with E-state index < -0.39 is 5.60 Å². The molecule has 0 aromatic heterocycles. The van der Waals surface area contributed by atoms with Crippen LogP contribution in [0.4, 0.5) is 10.5 Å². The van der Waals surface area contributed by atoms with Crippen molar-refractivity contribution in [1.29, 1.82) is 0 Å². The maximum absolute atomic E-state index is 12.3. The van der Waals surface area contributed by atoms with E-state index >= 15 is 0 Å². The lowest BCUT2D eigenvalue weighted by atomic mass is 10.1. The van der Waals surface area contributed by atoms with Crippen LogP contribution in [0.1, 0.15) is 44.7 Å². The molecule has 1 unspecified atom stereocenters. The summed E-state index contributed by atoms with van der Waals surface area (Å²) in [6.07, 6.45) is 1.87. The second-order valence-electron chi connectivity index (χ2n) is 7.10. The first-order chi connectivity index (χ1) is 10.3. The van der Waals surface area contributed by atoms with Crippen molar-refractivity contribution in [2.24, 2.45) is 0 Å². The molecule has 1 aromatic rings. The number of carbonyl (C=O) groups is 1. The SMILES string of the molecule is Cc1cccc(NCC2CCCN2C(=O)OC(C)(C)C)c1C. The summed E-state index contributed by atoms with van der Waals surface area (Å²) >= 11 is 0. The van der Waals surface area contributed by atoms with Gasteiger partial charge in [-0.1, -0.05) is 12.1 Å². The number of rotatable bonds is 3. The van der Waals surface area contributed by atoms with Gasteiger partial charge in [0, 0.05) is 18.8 Å². The Kier molecular flexibility index (Phi) is 4.99. The molecule has 4 heteroatoms. The monoisotopic (exact) mass is 304 g/mol. The topological polar surface area (TPSA) is 41.6 Å². The second kappa shape index (κ2) is 6.59. The molecule has 1 heterocycles. The van der Waals surface area contributed by atoms with E-state index in [0.29, 0.717) is 0 Å². The van der Waals surface area contributed by atoms with Gasteiger partial charge >= 0.3 is 6.09 Å². The predicted molar refractivity (Wildman–Crippen MR) is 90.4 cm³/mol. The third-order valence-corrected chi connectivity index (χ3v) is 4.14. The van der Waals surface area contributed by atoms with Gasteiger partial charge in [0.15, 0.2) is 0 Å². The van der Waals surface area contributed by atoms with Gasteiger partial charge in [-0.15, -0.1) is 0 Å². The Hall–Kier alpha value is -1.71. The van der Waals surface area contributed by atoms with E-state index in [0.717, 1.165) is 31.6 Å². The fourth-order valence-electron chi connectivity index (χ4n) is 2.78. The average Bonchev–Trinajstić information content (AvgIpc) is 2.87. The van der Waals surface area contributed by atoms with Gasteiger partial charge in [-0.3, -0.25) is 0 Å². The number of anilines is 1. The van der Waals surface area contributed by atoms with Crippen LogP contribution in [-0.4, -0.2) is 35.7 Å². The molecule has 0 aliphatic carbocycles. The van der Waals surface area contributed by atoms with Crippen molar-refractivity contribution in [3.05, 3.63) is 29.3 Å². The van der Waals surface area contributed by atoms with Crippen molar-refractivity contribution < 1.29 is 9.53 Å². The van der Waals surface area contributed by atoms with Crippen LogP contribution in [-0.2, 0) is 4.74 Å². The average molecular weight is 304 g/mol. The number of carbonyl (C=O) groups excluding carboxylic acids is 1. The molecule has 1 atom stereocenters. The number of hydrogen-bond donors (Lipinski definition) is 1. The maximum atomic E-state index is 12.3. The molecule has 1 aromatic carbocycles. The summed E-state index contributed by atoms with van der Waals surface area (Å²) in [7, 11) is 0. The summed E-state index contributed by atoms with van der Waals surface area (Å²) in [6.45, 7) is 11.5. The predicted octanol–water partition coefficient (Wildman–Crippen LogP) is 4.11. The number of likely N-dealkylation sites (tertiary alicyclic amines) is 1. The number of nitrogens with zero attached hydrogens (tertiary/aromatic N) is 1. The summed E-state index contributed by atoms with van der Waals surface area (Å²) < 4.78 is 5.51. The Morgan fingerprint density at radius 1 is 1.36 bits per heavy atom. The van der Waals surface area contributed by atoms with Crippen molar-refractivity contribution in [2.45, 2.75) is 59.1 Å². The maximum Gasteiger partial charge on any atom is 0.410 e. The summed E-state index contributed by atoms with van der Waals surface area (Å²) in [5, 5.41) is 3.49. The number of ether oxygens (including phenoxy) is 1. The Bertz CT molecular complexity index is 534. The zero-order valence-electron chi connectivity index (χ0n) is 14.4. The molecule has 1 N–H and O–H groups in total. The summed E-state index contributed by atoms with van der Waals surface area (Å²) in [6, 6.07) is 6.47. The summed E-state index contributed by atoms with van der Waals surface area (Å²) in [5.74, 6) is 0. The molecule has 1 fully saturated rings. The molecule has 1 saturated heterocycles. The molecule has 4 nitrogen and oxygen atoms in total. The van der Waals surface area contributed by atoms with Crippen molar-refractivity contribution in [3.8, 4) is 0 Å². The van der Waals surface area contributed by atoms with Gasteiger partial charge < -0.3 is 15.0 Å². The highest BCUT2D eigenvalue weighted by Gasteiger charge is 2.31. The lowest BCUT2D eigenvalue weighted by Gasteiger charge is -2.29. The van der Waals surface area contributed by atoms with Gasteiger partial charge in [-0.2, -0.15) is 0 Å². The van der Waals surface area contributed by atoms with Crippen LogP contribution in [0.5, 0.6) is 0 Å². The smallest absolute Gasteiger partial charge is 0.410 e. The highest BCUT2D eigenvalue weighted by molar-refractivity contribution is 5.69. The molecule has 1 amide bonds. The number of benzene rings is 1. The van der Waals surface area contributed by atoms with Gasteiger partial charge in [-0.25, -0.2) is 4.79 Å². The molecule has 22 heavy (non-hydrogen) atoms. The lowest BCUT2D eigenvalue weighted by molar-refractivity contribution is 0.0235. The lowest BCUT2D eigenvalue weighted by Crippen LogP contribution is -2.42. The minimum Gasteiger partial charge on any atom is -0.444 e. The standard InChI is InChI=1S/C18H28N2O2/c1-13-8-6-10-16(14(13)2)19-12-15-9-7-11-20(15)17(21)22-18(3,4)5/h6,8,10,15,19H,7,9,11-12H2,1-5H3. The first-order valence-corrected chi connectivity index (χ1v) is 8.07. The zero-order chi connectivity index (χ0) is 16.3. The first kappa shape index (κ1) is 16.7. The quantitative estimate of drug-likeness (QED) is 0.913. The molecule has 122 valence electrons. The van der Waals surface area contributed by atoms with Crippen LogP contribution in [0.25, 0.3) is 0 Å². The first-order valence-electron chi connectivity index (χ1n) is 8.07.